The van der Waals surface area contributed by atoms with Gasteiger partial charge < -0.3 is 5.32 Å². The number of hydrogen-bond acceptors (Lipinski definition) is 2. The van der Waals surface area contributed by atoms with E-state index in [0.29, 0.717) is 6.42 Å². The Balaban J connectivity index is 4.36. The van der Waals surface area contributed by atoms with Crippen LogP contribution < -0.4 is 5.32 Å². The lowest BCUT2D eigenvalue weighted by molar-refractivity contribution is -0.122. The van der Waals surface area contributed by atoms with Crippen LogP contribution in [0.1, 0.15) is 13.3 Å². The average Bonchev–Trinajstić information content (AvgIpc) is 1.96. The molecule has 0 saturated heterocycles. The number of amides is 1. The Kier molecular flexibility index (Phi) is 5.37. The van der Waals surface area contributed by atoms with Crippen LogP contribution in [-0.2, 0) is 4.79 Å². The fraction of sp³-hybridized carbons (Fsp3) is 0.857. The third kappa shape index (κ3) is 4.91. The maximum Gasteiger partial charge on any atom is 0.223 e. The lowest BCUT2D eigenvalue weighted by atomic mass is 10.4. The van der Waals surface area contributed by atoms with Gasteiger partial charge in [-0.3, -0.25) is 9.69 Å². The first-order valence-electron chi connectivity index (χ1n) is 3.81. The van der Waals surface area contributed by atoms with Crippen molar-refractivity contribution in [3.8, 4) is 0 Å². The van der Waals surface area contributed by atoms with Crippen molar-refractivity contribution < 1.29 is 4.79 Å². The highest BCUT2D eigenvalue weighted by atomic mass is 35.6. The second-order valence-electron chi connectivity index (χ2n) is 2.83. The first kappa shape index (κ1) is 13.3. The Hall–Kier alpha value is 0.300. The smallest absolute Gasteiger partial charge is 0.223 e. The molecule has 0 aromatic heterocycles. The van der Waals surface area contributed by atoms with Crippen LogP contribution in [0.15, 0.2) is 0 Å². The molecule has 1 atom stereocenters. The topological polar surface area (TPSA) is 32.3 Å². The molecule has 6 heteroatoms. The summed E-state index contributed by atoms with van der Waals surface area (Å²) < 4.78 is -1.52. The standard InChI is InChI=1S/C7H13Cl3N2O/c1-4-5(13)11-6(12(2)3)7(8,9)10/h6H,4H2,1-3H3,(H,11,13). The highest BCUT2D eigenvalue weighted by Crippen LogP contribution is 2.31. The van der Waals surface area contributed by atoms with Crippen molar-refractivity contribution in [3.63, 3.8) is 0 Å². The largest absolute Gasteiger partial charge is 0.337 e. The summed E-state index contributed by atoms with van der Waals surface area (Å²) in [6.45, 7) is 1.74. The summed E-state index contributed by atoms with van der Waals surface area (Å²) >= 11 is 17.0. The van der Waals surface area contributed by atoms with Crippen LogP contribution in [0, 0.1) is 0 Å². The molecule has 78 valence electrons. The Morgan fingerprint density at radius 1 is 1.46 bits per heavy atom. The normalized spacial score (nSPS) is 14.4. The second kappa shape index (κ2) is 5.25. The van der Waals surface area contributed by atoms with Crippen molar-refractivity contribution >= 4 is 40.7 Å². The number of nitrogens with one attached hydrogen (secondary N) is 1. The third-order valence-electron chi connectivity index (χ3n) is 1.45. The molecule has 3 nitrogen and oxygen atoms in total. The van der Waals surface area contributed by atoms with Gasteiger partial charge in [0.15, 0.2) is 0 Å². The molecule has 0 fully saturated rings. The van der Waals surface area contributed by atoms with Gasteiger partial charge in [0, 0.05) is 6.42 Å². The van der Waals surface area contributed by atoms with Gasteiger partial charge in [-0.05, 0) is 14.1 Å². The quantitative estimate of drug-likeness (QED) is 0.609. The summed E-state index contributed by atoms with van der Waals surface area (Å²) in [5.74, 6) is -0.148. The van der Waals surface area contributed by atoms with Crippen LogP contribution in [0.3, 0.4) is 0 Å². The minimum absolute atomic E-state index is 0.148. The molecule has 0 spiro atoms. The van der Waals surface area contributed by atoms with Crippen molar-refractivity contribution in [2.24, 2.45) is 0 Å². The molecular formula is C7H13Cl3N2O. The monoisotopic (exact) mass is 246 g/mol. The van der Waals surface area contributed by atoms with Crippen LogP contribution in [-0.4, -0.2) is 34.9 Å². The zero-order chi connectivity index (χ0) is 10.6. The number of carbonyl (C=O) groups is 1. The molecule has 0 rings (SSSR count). The van der Waals surface area contributed by atoms with Crippen LogP contribution in [0.5, 0.6) is 0 Å². The summed E-state index contributed by atoms with van der Waals surface area (Å²) in [5.41, 5.74) is 0. The molecule has 0 saturated carbocycles. The van der Waals surface area contributed by atoms with Crippen molar-refractivity contribution in [1.82, 2.24) is 10.2 Å². The molecule has 0 aliphatic rings. The van der Waals surface area contributed by atoms with E-state index in [4.69, 9.17) is 34.8 Å². The van der Waals surface area contributed by atoms with Crippen LogP contribution in [0.4, 0.5) is 0 Å². The Labute approximate surface area is 93.3 Å². The summed E-state index contributed by atoms with van der Waals surface area (Å²) in [5, 5.41) is 2.60. The van der Waals surface area contributed by atoms with Gasteiger partial charge in [-0.15, -0.1) is 0 Å². The van der Waals surface area contributed by atoms with E-state index in [0.717, 1.165) is 0 Å². The minimum Gasteiger partial charge on any atom is -0.337 e. The highest BCUT2D eigenvalue weighted by molar-refractivity contribution is 6.68. The molecule has 0 bridgehead atoms. The predicted octanol–water partition coefficient (Wildman–Crippen LogP) is 1.77. The van der Waals surface area contributed by atoms with E-state index in [2.05, 4.69) is 5.32 Å². The Morgan fingerprint density at radius 2 is 1.92 bits per heavy atom. The molecular weight excluding hydrogens is 234 g/mol. The molecule has 0 aromatic carbocycles. The predicted molar refractivity (Wildman–Crippen MR) is 56.2 cm³/mol. The fourth-order valence-electron chi connectivity index (χ4n) is 0.758. The van der Waals surface area contributed by atoms with Crippen LogP contribution >= 0.6 is 34.8 Å². The number of halogens is 3. The van der Waals surface area contributed by atoms with Gasteiger partial charge in [-0.25, -0.2) is 0 Å². The Bertz CT molecular complexity index is 179. The Morgan fingerprint density at radius 3 is 2.15 bits per heavy atom. The van der Waals surface area contributed by atoms with Gasteiger partial charge in [-0.1, -0.05) is 41.7 Å². The summed E-state index contributed by atoms with van der Waals surface area (Å²) in [4.78, 5) is 12.7. The number of rotatable bonds is 3. The van der Waals surface area contributed by atoms with E-state index >= 15 is 0 Å². The maximum atomic E-state index is 11.1. The maximum absolute atomic E-state index is 11.1. The molecule has 0 radical (unpaired) electrons. The zero-order valence-corrected chi connectivity index (χ0v) is 10.0. The van der Waals surface area contributed by atoms with Gasteiger partial charge in [0.05, 0.1) is 0 Å². The molecule has 1 unspecified atom stereocenters. The van der Waals surface area contributed by atoms with Gasteiger partial charge in [0.1, 0.15) is 6.17 Å². The van der Waals surface area contributed by atoms with Gasteiger partial charge in [-0.2, -0.15) is 0 Å². The SMILES string of the molecule is CCC(=O)NC(N(C)C)C(Cl)(Cl)Cl. The van der Waals surface area contributed by atoms with Gasteiger partial charge in [0.2, 0.25) is 9.70 Å². The third-order valence-corrected chi connectivity index (χ3v) is 2.07. The van der Waals surface area contributed by atoms with E-state index < -0.39 is 9.96 Å². The van der Waals surface area contributed by atoms with E-state index in [1.165, 1.54) is 0 Å². The van der Waals surface area contributed by atoms with E-state index in [9.17, 15) is 4.79 Å². The van der Waals surface area contributed by atoms with E-state index in [1.54, 1.807) is 25.9 Å². The summed E-state index contributed by atoms with van der Waals surface area (Å²) in [6.07, 6.45) is -0.240. The minimum atomic E-state index is -1.52. The fourth-order valence-corrected chi connectivity index (χ4v) is 1.51. The van der Waals surface area contributed by atoms with Crippen molar-refractivity contribution in [3.05, 3.63) is 0 Å². The molecule has 0 aliphatic heterocycles. The molecule has 0 aliphatic carbocycles. The van der Waals surface area contributed by atoms with E-state index in [-0.39, 0.29) is 5.91 Å². The first-order chi connectivity index (χ1) is 5.79. The van der Waals surface area contributed by atoms with Gasteiger partial charge in [0.25, 0.3) is 0 Å². The van der Waals surface area contributed by atoms with Crippen LogP contribution in [0.2, 0.25) is 0 Å². The first-order valence-corrected chi connectivity index (χ1v) is 4.95. The lowest BCUT2D eigenvalue weighted by Crippen LogP contribution is -2.52. The molecule has 0 aromatic rings. The number of nitrogens with zero attached hydrogens (tertiary/aromatic N) is 1. The molecule has 1 N–H and O–H groups in total. The average molecular weight is 248 g/mol. The highest BCUT2D eigenvalue weighted by Gasteiger charge is 2.35. The molecule has 1 amide bonds. The number of alkyl halides is 3. The van der Waals surface area contributed by atoms with Crippen molar-refractivity contribution in [2.45, 2.75) is 23.3 Å². The second-order valence-corrected chi connectivity index (χ2v) is 5.20. The molecule has 13 heavy (non-hydrogen) atoms. The van der Waals surface area contributed by atoms with E-state index in [1.807, 2.05) is 0 Å². The zero-order valence-electron chi connectivity index (χ0n) is 7.77. The number of hydrogen-bond donors (Lipinski definition) is 1. The van der Waals surface area contributed by atoms with Gasteiger partial charge >= 0.3 is 0 Å². The number of carbonyl (C=O) groups excluding carboxylic acids is 1. The lowest BCUT2D eigenvalue weighted by Gasteiger charge is -2.30. The van der Waals surface area contributed by atoms with Crippen LogP contribution in [0.25, 0.3) is 0 Å². The van der Waals surface area contributed by atoms with Crippen molar-refractivity contribution in [2.75, 3.05) is 14.1 Å². The summed E-state index contributed by atoms with van der Waals surface area (Å²) in [7, 11) is 3.45. The summed E-state index contributed by atoms with van der Waals surface area (Å²) in [6, 6.07) is 0. The van der Waals surface area contributed by atoms with Crippen molar-refractivity contribution in [1.29, 1.82) is 0 Å². The molecule has 0 heterocycles.